The summed E-state index contributed by atoms with van der Waals surface area (Å²) in [5.41, 5.74) is 4.10. The van der Waals surface area contributed by atoms with Gasteiger partial charge < -0.3 is 8.83 Å². The molecule has 6 aromatic carbocycles. The molecule has 206 valence electrons. The minimum absolute atomic E-state index is 0.00997. The van der Waals surface area contributed by atoms with E-state index >= 15 is 0 Å². The molecule has 3 aromatic heterocycles. The van der Waals surface area contributed by atoms with Crippen LogP contribution in [0.3, 0.4) is 0 Å². The van der Waals surface area contributed by atoms with Gasteiger partial charge in [0.25, 0.3) is 0 Å². The van der Waals surface area contributed by atoms with Crippen LogP contribution in [0.1, 0.15) is 9.60 Å². The maximum Gasteiger partial charge on any atom is 0.164 e. The Kier molecular flexibility index (Phi) is 4.09. The lowest BCUT2D eigenvalue weighted by Gasteiger charge is -2.09. The van der Waals surface area contributed by atoms with Gasteiger partial charge in [-0.15, -0.1) is 0 Å². The van der Waals surface area contributed by atoms with Crippen molar-refractivity contribution in [3.8, 4) is 45.3 Å². The highest BCUT2D eigenvalue weighted by molar-refractivity contribution is 6.06. The van der Waals surface area contributed by atoms with Gasteiger partial charge in [-0.2, -0.15) is 0 Å². The molecule has 0 aliphatic carbocycles. The Morgan fingerprint density at radius 1 is 0.409 bits per heavy atom. The van der Waals surface area contributed by atoms with Crippen LogP contribution in [-0.4, -0.2) is 15.0 Å². The highest BCUT2D eigenvalue weighted by atomic mass is 16.3. The Labute approximate surface area is 261 Å². The van der Waals surface area contributed by atoms with Crippen LogP contribution >= 0.6 is 0 Å². The molecule has 0 unspecified atom stereocenters. The van der Waals surface area contributed by atoms with Crippen molar-refractivity contribution < 1.29 is 18.4 Å². The highest BCUT2D eigenvalue weighted by Crippen LogP contribution is 2.34. The second-order valence-corrected chi connectivity index (χ2v) is 10.3. The fourth-order valence-corrected chi connectivity index (χ4v) is 5.44. The third-order valence-corrected chi connectivity index (χ3v) is 7.62. The van der Waals surface area contributed by atoms with Crippen molar-refractivity contribution in [3.05, 3.63) is 139 Å². The smallest absolute Gasteiger partial charge is 0.164 e. The molecule has 0 aliphatic rings. The summed E-state index contributed by atoms with van der Waals surface area (Å²) in [5.74, 6) is 1.34. The summed E-state index contributed by atoms with van der Waals surface area (Å²) in [7, 11) is 0. The van der Waals surface area contributed by atoms with E-state index in [1.807, 2.05) is 72.8 Å². The molecule has 0 spiro atoms. The molecule has 3 heterocycles. The molecule has 5 nitrogen and oxygen atoms in total. The van der Waals surface area contributed by atoms with E-state index in [4.69, 9.17) is 33.4 Å². The number of para-hydroxylation sites is 2. The molecular formula is C39H23N3O2. The predicted molar refractivity (Wildman–Crippen MR) is 176 cm³/mol. The van der Waals surface area contributed by atoms with Gasteiger partial charge in [0.15, 0.2) is 17.5 Å². The van der Waals surface area contributed by atoms with Crippen molar-refractivity contribution in [2.75, 3.05) is 0 Å². The fourth-order valence-electron chi connectivity index (χ4n) is 5.44. The molecule has 0 aliphatic heterocycles. The van der Waals surface area contributed by atoms with Gasteiger partial charge in [-0.25, -0.2) is 15.0 Å². The molecule has 9 aromatic rings. The van der Waals surface area contributed by atoms with E-state index in [1.165, 1.54) is 0 Å². The quantitative estimate of drug-likeness (QED) is 0.210. The van der Waals surface area contributed by atoms with Crippen molar-refractivity contribution in [1.82, 2.24) is 15.0 Å². The average molecular weight is 573 g/mol. The Morgan fingerprint density at radius 2 is 1.02 bits per heavy atom. The first-order valence-corrected chi connectivity index (χ1v) is 14.0. The molecule has 0 radical (unpaired) electrons. The van der Waals surface area contributed by atoms with Gasteiger partial charge in [-0.05, 0) is 47.5 Å². The summed E-state index contributed by atoms with van der Waals surface area (Å²) < 4.78 is 71.5. The van der Waals surface area contributed by atoms with Gasteiger partial charge in [0, 0.05) is 38.2 Å². The van der Waals surface area contributed by atoms with Crippen LogP contribution in [-0.2, 0) is 0 Å². The molecule has 0 saturated heterocycles. The first-order valence-electron chi connectivity index (χ1n) is 17.5. The molecule has 9 rings (SSSR count). The van der Waals surface area contributed by atoms with E-state index in [2.05, 4.69) is 0 Å². The van der Waals surface area contributed by atoms with E-state index in [9.17, 15) is 0 Å². The summed E-state index contributed by atoms with van der Waals surface area (Å²) in [6.07, 6.45) is 0. The Morgan fingerprint density at radius 3 is 1.86 bits per heavy atom. The second-order valence-electron chi connectivity index (χ2n) is 10.3. The maximum absolute atomic E-state index is 9.00. The second kappa shape index (κ2) is 9.75. The SMILES string of the molecule is [2H]c1c([2H])c([2H])c2c(oc3c([2H])c(-c4ccc(-c5nc(-c6ccccc6)nc(-c6ccc7c(c6)oc6ccccc67)n5)cc4)c([2H])c([2H])c32)c1[2H]. The van der Waals surface area contributed by atoms with Gasteiger partial charge in [-0.3, -0.25) is 0 Å². The van der Waals surface area contributed by atoms with Crippen molar-refractivity contribution in [2.24, 2.45) is 0 Å². The average Bonchev–Trinajstić information content (AvgIpc) is 3.75. The van der Waals surface area contributed by atoms with Crippen molar-refractivity contribution in [1.29, 1.82) is 0 Å². The number of nitrogens with zero attached hydrogens (tertiary/aromatic N) is 3. The third kappa shape index (κ3) is 4.06. The summed E-state index contributed by atoms with van der Waals surface area (Å²) in [6, 6.07) is 27.9. The molecule has 0 N–H and O–H groups in total. The molecule has 0 amide bonds. The van der Waals surface area contributed by atoms with E-state index in [0.717, 1.165) is 27.5 Å². The normalized spacial score (nSPS) is 13.9. The zero-order chi connectivity index (χ0) is 35.1. The number of fused-ring (bicyclic) bond motifs is 6. The fraction of sp³-hybridized carbons (Fsp3) is 0. The van der Waals surface area contributed by atoms with Crippen LogP contribution < -0.4 is 0 Å². The minimum atomic E-state index is -0.474. The van der Waals surface area contributed by atoms with Crippen LogP contribution in [0, 0.1) is 0 Å². The Balaban J connectivity index is 1.17. The number of benzene rings is 6. The van der Waals surface area contributed by atoms with Crippen molar-refractivity contribution in [3.63, 3.8) is 0 Å². The van der Waals surface area contributed by atoms with Gasteiger partial charge in [0.05, 0.1) is 9.60 Å². The van der Waals surface area contributed by atoms with Gasteiger partial charge in [-0.1, -0.05) is 103 Å². The van der Waals surface area contributed by atoms with Gasteiger partial charge in [0.2, 0.25) is 0 Å². The minimum Gasteiger partial charge on any atom is -0.456 e. The van der Waals surface area contributed by atoms with Crippen LogP contribution in [0.5, 0.6) is 0 Å². The molecule has 44 heavy (non-hydrogen) atoms. The molecular weight excluding hydrogens is 542 g/mol. The lowest BCUT2D eigenvalue weighted by molar-refractivity contribution is 0.668. The lowest BCUT2D eigenvalue weighted by Crippen LogP contribution is -2.00. The topological polar surface area (TPSA) is 65.0 Å². The van der Waals surface area contributed by atoms with E-state index in [-0.39, 0.29) is 51.7 Å². The van der Waals surface area contributed by atoms with E-state index in [1.54, 1.807) is 24.3 Å². The highest BCUT2D eigenvalue weighted by Gasteiger charge is 2.15. The first-order chi connectivity index (χ1) is 24.7. The van der Waals surface area contributed by atoms with Crippen molar-refractivity contribution >= 4 is 43.9 Å². The number of hydrogen-bond donors (Lipinski definition) is 0. The predicted octanol–water partition coefficient (Wildman–Crippen LogP) is 10.3. The van der Waals surface area contributed by atoms with E-state index < -0.39 is 18.1 Å². The summed E-state index contributed by atoms with van der Waals surface area (Å²) in [4.78, 5) is 14.5. The third-order valence-electron chi connectivity index (χ3n) is 7.62. The number of hydrogen-bond acceptors (Lipinski definition) is 5. The van der Waals surface area contributed by atoms with Crippen molar-refractivity contribution in [2.45, 2.75) is 0 Å². The Bertz CT molecular complexity index is 2890. The number of furan rings is 2. The van der Waals surface area contributed by atoms with Crippen LogP contribution in [0.25, 0.3) is 89.2 Å². The monoisotopic (exact) mass is 572 g/mol. The van der Waals surface area contributed by atoms with E-state index in [0.29, 0.717) is 34.2 Å². The van der Waals surface area contributed by atoms with Crippen LogP contribution in [0.2, 0.25) is 0 Å². The summed E-state index contributed by atoms with van der Waals surface area (Å²) >= 11 is 0. The molecule has 5 heteroatoms. The Hall–Kier alpha value is -6.07. The molecule has 0 saturated carbocycles. The lowest BCUT2D eigenvalue weighted by atomic mass is 10.0. The number of rotatable bonds is 4. The standard InChI is InChI=1S/C39H23N3O2/c1-2-8-25(9-3-1)37-40-38(42-39(41-37)28-19-21-32-30-11-5-7-13-34(30)44-36(32)23-28)26-16-14-24(15-17-26)27-18-20-31-29-10-4-6-12-33(29)43-35(31)22-27/h1-23H/i4D,6D,10D,12D,18D,20D,22D. The molecule has 0 fully saturated rings. The zero-order valence-corrected chi connectivity index (χ0v) is 22.9. The maximum atomic E-state index is 9.00. The summed E-state index contributed by atoms with van der Waals surface area (Å²) in [6.45, 7) is 0. The molecule has 0 bridgehead atoms. The van der Waals surface area contributed by atoms with Crippen LogP contribution in [0.15, 0.2) is 148 Å². The first kappa shape index (κ1) is 18.5. The van der Waals surface area contributed by atoms with Gasteiger partial charge >= 0.3 is 0 Å². The van der Waals surface area contributed by atoms with Crippen LogP contribution in [0.4, 0.5) is 0 Å². The number of aromatic nitrogens is 3. The van der Waals surface area contributed by atoms with Gasteiger partial charge in [0.1, 0.15) is 22.3 Å². The summed E-state index contributed by atoms with van der Waals surface area (Å²) in [5, 5.41) is 2.02. The largest absolute Gasteiger partial charge is 0.456 e. The zero-order valence-electron chi connectivity index (χ0n) is 29.9. The molecule has 0 atom stereocenters.